The van der Waals surface area contributed by atoms with E-state index in [0.717, 1.165) is 0 Å². The first-order valence-electron chi connectivity index (χ1n) is 9.28. The van der Waals surface area contributed by atoms with Crippen LogP contribution in [-0.2, 0) is 13.3 Å². The summed E-state index contributed by atoms with van der Waals surface area (Å²) in [6, 6.07) is 11.5. The van der Waals surface area contributed by atoms with Gasteiger partial charge in [-0.3, -0.25) is 9.48 Å². The maximum Gasteiger partial charge on any atom is 0.277 e. The Balaban J connectivity index is 1.35. The van der Waals surface area contributed by atoms with Crippen LogP contribution in [0.25, 0.3) is 0 Å². The molecule has 4 aromatic rings. The Bertz CT molecular complexity index is 1250. The molecule has 0 unspecified atom stereocenters. The van der Waals surface area contributed by atoms with Crippen LogP contribution in [0, 0.1) is 11.6 Å². The van der Waals surface area contributed by atoms with Crippen LogP contribution in [0.3, 0.4) is 0 Å². The van der Waals surface area contributed by atoms with E-state index in [4.69, 9.17) is 27.9 Å². The summed E-state index contributed by atoms with van der Waals surface area (Å²) >= 11 is 11.8. The molecule has 0 bridgehead atoms. The number of carbonyl (C=O) groups excluding carboxylic acids is 1. The van der Waals surface area contributed by atoms with Gasteiger partial charge in [0.2, 0.25) is 0 Å². The summed E-state index contributed by atoms with van der Waals surface area (Å²) in [5.41, 5.74) is 0.439. The van der Waals surface area contributed by atoms with Gasteiger partial charge in [0.25, 0.3) is 5.91 Å². The lowest BCUT2D eigenvalue weighted by molar-refractivity contribution is 0.101. The summed E-state index contributed by atoms with van der Waals surface area (Å²) in [7, 11) is 0. The molecule has 0 fully saturated rings. The van der Waals surface area contributed by atoms with E-state index in [-0.39, 0.29) is 29.8 Å². The first kappa shape index (κ1) is 21.8. The molecule has 2 aromatic heterocycles. The van der Waals surface area contributed by atoms with Crippen LogP contribution >= 0.6 is 23.2 Å². The summed E-state index contributed by atoms with van der Waals surface area (Å²) in [5, 5.41) is 11.2. The molecule has 0 aliphatic heterocycles. The molecule has 0 spiro atoms. The van der Waals surface area contributed by atoms with Gasteiger partial charge in [-0.2, -0.15) is 10.2 Å². The highest BCUT2D eigenvalue weighted by Gasteiger charge is 2.13. The van der Waals surface area contributed by atoms with E-state index in [0.29, 0.717) is 16.3 Å². The monoisotopic (exact) mass is 477 g/mol. The van der Waals surface area contributed by atoms with E-state index in [1.165, 1.54) is 45.8 Å². The number of hydrogen-bond donors (Lipinski definition) is 1. The number of hydrogen-bond acceptors (Lipinski definition) is 4. The Morgan fingerprint density at radius 1 is 0.969 bits per heavy atom. The zero-order chi connectivity index (χ0) is 22.7. The van der Waals surface area contributed by atoms with E-state index >= 15 is 0 Å². The largest absolute Gasteiger partial charge is 0.471 e. The van der Waals surface area contributed by atoms with Gasteiger partial charge in [-0.1, -0.05) is 29.3 Å². The molecule has 0 saturated heterocycles. The number of halogens is 4. The van der Waals surface area contributed by atoms with Crippen molar-refractivity contribution in [3.05, 3.63) is 93.9 Å². The van der Waals surface area contributed by atoms with Gasteiger partial charge in [-0.05, 0) is 30.3 Å². The smallest absolute Gasteiger partial charge is 0.277 e. The number of nitrogens with one attached hydrogen (secondary N) is 1. The van der Waals surface area contributed by atoms with Crippen molar-refractivity contribution in [1.82, 2.24) is 19.6 Å². The maximum absolute atomic E-state index is 13.9. The molecule has 7 nitrogen and oxygen atoms in total. The third-order valence-electron chi connectivity index (χ3n) is 4.39. The molecular formula is C21H15Cl2F2N5O2. The normalized spacial score (nSPS) is 10.9. The van der Waals surface area contributed by atoms with Gasteiger partial charge in [0.05, 0.1) is 11.6 Å². The van der Waals surface area contributed by atoms with Crippen molar-refractivity contribution < 1.29 is 18.3 Å². The molecule has 0 aliphatic rings. The molecule has 0 saturated carbocycles. The lowest BCUT2D eigenvalue weighted by atomic mass is 10.2. The van der Waals surface area contributed by atoms with Crippen molar-refractivity contribution in [3.63, 3.8) is 0 Å². The van der Waals surface area contributed by atoms with Gasteiger partial charge in [0.15, 0.2) is 18.2 Å². The number of carbonyl (C=O) groups is 1. The third kappa shape index (κ3) is 5.06. The molecule has 1 N–H and O–H groups in total. The van der Waals surface area contributed by atoms with Crippen LogP contribution in [-0.4, -0.2) is 25.5 Å². The highest BCUT2D eigenvalue weighted by atomic mass is 35.5. The summed E-state index contributed by atoms with van der Waals surface area (Å²) < 4.78 is 35.5. The van der Waals surface area contributed by atoms with Gasteiger partial charge >= 0.3 is 0 Å². The highest BCUT2D eigenvalue weighted by molar-refractivity contribution is 6.31. The molecule has 32 heavy (non-hydrogen) atoms. The average molecular weight is 478 g/mol. The zero-order valence-corrected chi connectivity index (χ0v) is 17.8. The number of benzene rings is 2. The SMILES string of the molecule is O=C(Nc1ccn(Cc2c(F)cccc2Cl)n1)c1ccn(COc2ccc(F)c(Cl)c2)n1. The number of anilines is 1. The van der Waals surface area contributed by atoms with Gasteiger partial charge in [-0.25, -0.2) is 13.5 Å². The summed E-state index contributed by atoms with van der Waals surface area (Å²) in [5.74, 6) is -0.832. The van der Waals surface area contributed by atoms with Crippen LogP contribution < -0.4 is 10.1 Å². The van der Waals surface area contributed by atoms with Gasteiger partial charge in [0, 0.05) is 35.1 Å². The van der Waals surface area contributed by atoms with E-state index < -0.39 is 17.5 Å². The fourth-order valence-electron chi connectivity index (χ4n) is 2.80. The van der Waals surface area contributed by atoms with Crippen molar-refractivity contribution in [2.24, 2.45) is 0 Å². The summed E-state index contributed by atoms with van der Waals surface area (Å²) in [6.07, 6.45) is 3.15. The second-order valence-corrected chi connectivity index (χ2v) is 7.46. The van der Waals surface area contributed by atoms with Crippen LogP contribution in [0.5, 0.6) is 5.75 Å². The summed E-state index contributed by atoms with van der Waals surface area (Å²) in [6.45, 7) is 0.105. The minimum absolute atomic E-state index is 0.00668. The molecule has 4 rings (SSSR count). The Hall–Kier alpha value is -3.43. The minimum atomic E-state index is -0.545. The molecule has 11 heteroatoms. The predicted octanol–water partition coefficient (Wildman–Crippen LogP) is 5.00. The number of aromatic nitrogens is 4. The van der Waals surface area contributed by atoms with E-state index in [1.54, 1.807) is 24.5 Å². The number of rotatable bonds is 7. The average Bonchev–Trinajstić information content (AvgIpc) is 3.41. The van der Waals surface area contributed by atoms with Gasteiger partial charge in [0.1, 0.15) is 17.4 Å². The van der Waals surface area contributed by atoms with E-state index in [1.807, 2.05) is 0 Å². The Morgan fingerprint density at radius 2 is 1.78 bits per heavy atom. The number of nitrogens with zero attached hydrogens (tertiary/aromatic N) is 4. The molecular weight excluding hydrogens is 463 g/mol. The minimum Gasteiger partial charge on any atom is -0.471 e. The highest BCUT2D eigenvalue weighted by Crippen LogP contribution is 2.22. The maximum atomic E-state index is 13.9. The number of ether oxygens (including phenoxy) is 1. The van der Waals surface area contributed by atoms with E-state index in [9.17, 15) is 13.6 Å². The molecule has 0 atom stereocenters. The molecule has 2 heterocycles. The van der Waals surface area contributed by atoms with Crippen molar-refractivity contribution in [3.8, 4) is 5.75 Å². The summed E-state index contributed by atoms with van der Waals surface area (Å²) in [4.78, 5) is 12.4. The Kier molecular flexibility index (Phi) is 6.38. The first-order chi connectivity index (χ1) is 15.4. The standard InChI is InChI=1S/C21H15Cl2F2N5O2/c22-15-2-1-3-17(24)14(15)11-29-9-7-20(28-29)26-21(31)19-6-8-30(27-19)12-32-13-4-5-18(25)16(23)10-13/h1-10H,11-12H2,(H,26,28,31). The zero-order valence-electron chi connectivity index (χ0n) is 16.3. The lowest BCUT2D eigenvalue weighted by Crippen LogP contribution is -2.15. The van der Waals surface area contributed by atoms with Crippen LogP contribution in [0.4, 0.5) is 14.6 Å². The second-order valence-electron chi connectivity index (χ2n) is 6.64. The molecule has 0 radical (unpaired) electrons. The van der Waals surface area contributed by atoms with Crippen molar-refractivity contribution in [2.45, 2.75) is 13.3 Å². The molecule has 1 amide bonds. The lowest BCUT2D eigenvalue weighted by Gasteiger charge is -2.07. The van der Waals surface area contributed by atoms with Crippen LogP contribution in [0.2, 0.25) is 10.0 Å². The molecule has 0 aliphatic carbocycles. The van der Waals surface area contributed by atoms with Crippen molar-refractivity contribution in [2.75, 3.05) is 5.32 Å². The number of amides is 1. The Labute approximate surface area is 191 Å². The fourth-order valence-corrected chi connectivity index (χ4v) is 3.20. The second kappa shape index (κ2) is 9.37. The van der Waals surface area contributed by atoms with E-state index in [2.05, 4.69) is 15.5 Å². The van der Waals surface area contributed by atoms with Crippen LogP contribution in [0.1, 0.15) is 16.1 Å². The quantitative estimate of drug-likeness (QED) is 0.406. The van der Waals surface area contributed by atoms with Crippen molar-refractivity contribution >= 4 is 34.9 Å². The molecule has 2 aromatic carbocycles. The molecule has 164 valence electrons. The first-order valence-corrected chi connectivity index (χ1v) is 10.0. The third-order valence-corrected chi connectivity index (χ3v) is 5.04. The van der Waals surface area contributed by atoms with Crippen molar-refractivity contribution in [1.29, 1.82) is 0 Å². The Morgan fingerprint density at radius 3 is 2.56 bits per heavy atom. The van der Waals surface area contributed by atoms with Gasteiger partial charge in [-0.15, -0.1) is 0 Å². The van der Waals surface area contributed by atoms with Gasteiger partial charge < -0.3 is 10.1 Å². The van der Waals surface area contributed by atoms with Crippen LogP contribution in [0.15, 0.2) is 60.9 Å². The fraction of sp³-hybridized carbons (Fsp3) is 0.0952. The predicted molar refractivity (Wildman–Crippen MR) is 115 cm³/mol. The topological polar surface area (TPSA) is 74.0 Å².